The first kappa shape index (κ1) is 35.7. The Bertz CT molecular complexity index is 172. The van der Waals surface area contributed by atoms with Crippen LogP contribution < -0.4 is 0 Å². The van der Waals surface area contributed by atoms with Gasteiger partial charge < -0.3 is 0 Å². The summed E-state index contributed by atoms with van der Waals surface area (Å²) in [6.07, 6.45) is 9.20. The maximum absolute atomic E-state index is 2.40. The van der Waals surface area contributed by atoms with E-state index in [1.54, 1.807) is 0 Å². The molecule has 0 unspecified atom stereocenters. The van der Waals surface area contributed by atoms with E-state index in [1.807, 2.05) is 0 Å². The molecule has 0 N–H and O–H groups in total. The predicted molar refractivity (Wildman–Crippen MR) is 150 cm³/mol. The van der Waals surface area contributed by atoms with Crippen molar-refractivity contribution in [2.45, 2.75) is 0 Å². The van der Waals surface area contributed by atoms with Crippen LogP contribution in [0.3, 0.4) is 0 Å². The van der Waals surface area contributed by atoms with Gasteiger partial charge in [0.15, 0.2) is 0 Å². The average molecular weight is 555 g/mol. The summed E-state index contributed by atoms with van der Waals surface area (Å²) in [7, 11) is 0.574. The molecule has 0 rings (SSSR count). The average Bonchev–Trinajstić information content (AvgIpc) is 2.42. The zero-order chi connectivity index (χ0) is 19.7. The van der Waals surface area contributed by atoms with Crippen LogP contribution in [0.25, 0.3) is 0 Å². The Balaban J connectivity index is -0.000000130. The Morgan fingerprint density at radius 2 is 0.360 bits per heavy atom. The summed E-state index contributed by atoms with van der Waals surface area (Å²) >= 11 is 0. The van der Waals surface area contributed by atoms with Crippen molar-refractivity contribution in [1.82, 2.24) is 0 Å². The zero-order valence-electron chi connectivity index (χ0n) is 19.6. The summed E-state index contributed by atoms with van der Waals surface area (Å²) in [5.41, 5.74) is 0. The van der Waals surface area contributed by atoms with Gasteiger partial charge in [0.1, 0.15) is 0 Å². The van der Waals surface area contributed by atoms with E-state index in [2.05, 4.69) is 80.0 Å². The van der Waals surface area contributed by atoms with Crippen molar-refractivity contribution < 1.29 is 20.1 Å². The molecule has 0 amide bonds. The van der Waals surface area contributed by atoms with Crippen LogP contribution >= 0.6 is 47.5 Å². The fourth-order valence-corrected chi connectivity index (χ4v) is 13.5. The first-order chi connectivity index (χ1) is 10.9. The van der Waals surface area contributed by atoms with Crippen molar-refractivity contribution in [3.05, 3.63) is 0 Å². The third-order valence-corrected chi connectivity index (χ3v) is 12.4. The zero-order valence-corrected chi connectivity index (χ0v) is 27.5. The third-order valence-electron chi connectivity index (χ3n) is 3.37. The van der Waals surface area contributed by atoms with E-state index in [4.69, 9.17) is 0 Å². The molecule has 0 nitrogen and oxygen atoms in total. The summed E-state index contributed by atoms with van der Waals surface area (Å²) in [6, 6.07) is 0. The normalized spacial score (nSPS) is 10.8. The minimum Gasteiger partial charge on any atom is -0.00165 e. The molecule has 0 aliphatic carbocycles. The second-order valence-electron chi connectivity index (χ2n) is 8.74. The van der Waals surface area contributed by atoms with E-state index >= 15 is 0 Å². The SMILES string of the molecule is C[PH+](C)CC[PH+](C)C.C[PH+](C)CC[PH+](C)C.C[PH+](C)CC[PH+](C)C.[99Tc]. The molecule has 0 aromatic carbocycles. The summed E-state index contributed by atoms with van der Waals surface area (Å²) in [5, 5.41) is 0. The van der Waals surface area contributed by atoms with Crippen LogP contribution in [0.4, 0.5) is 0 Å². The molecule has 0 saturated heterocycles. The van der Waals surface area contributed by atoms with Crippen molar-refractivity contribution in [3.63, 3.8) is 0 Å². The Labute approximate surface area is 183 Å². The molecule has 0 heterocycles. The van der Waals surface area contributed by atoms with Gasteiger partial charge in [0, 0.05) is 100 Å². The van der Waals surface area contributed by atoms with Gasteiger partial charge in [0.2, 0.25) is 0 Å². The Hall–Kier alpha value is 3.23. The van der Waals surface area contributed by atoms with Crippen LogP contribution in [0.5, 0.6) is 0 Å². The predicted octanol–water partition coefficient (Wildman–Crippen LogP) is 5.80. The van der Waals surface area contributed by atoms with Crippen LogP contribution in [-0.4, -0.2) is 117 Å². The molecule has 157 valence electrons. The molecule has 0 atom stereocenters. The van der Waals surface area contributed by atoms with Crippen molar-refractivity contribution in [2.75, 3.05) is 117 Å². The van der Waals surface area contributed by atoms with Crippen LogP contribution in [0, 0.1) is 0 Å². The minimum absolute atomic E-state index is 0. The quantitative estimate of drug-likeness (QED) is 0.316. The Morgan fingerprint density at radius 3 is 0.400 bits per heavy atom. The molecular weight excluding hydrogens is 501 g/mol. The summed E-state index contributed by atoms with van der Waals surface area (Å²) in [6.45, 7) is 28.8. The fourth-order valence-electron chi connectivity index (χ4n) is 1.50. The van der Waals surface area contributed by atoms with Gasteiger partial charge >= 0.3 is 0 Å². The van der Waals surface area contributed by atoms with Crippen molar-refractivity contribution in [2.24, 2.45) is 0 Å². The van der Waals surface area contributed by atoms with Crippen molar-refractivity contribution >= 4 is 47.5 Å². The molecule has 0 aromatic rings. The smallest absolute Gasteiger partial charge is 0.00165 e. The first-order valence-corrected chi connectivity index (χ1v) is 25.9. The third kappa shape index (κ3) is 52.2. The maximum Gasteiger partial charge on any atom is 0.0899 e. The van der Waals surface area contributed by atoms with E-state index in [9.17, 15) is 0 Å². The first-order valence-electron chi connectivity index (χ1n) is 9.62. The van der Waals surface area contributed by atoms with E-state index in [0.29, 0.717) is 0 Å². The van der Waals surface area contributed by atoms with E-state index in [0.717, 1.165) is 0 Å². The molecule has 0 aliphatic heterocycles. The molecule has 0 spiro atoms. The van der Waals surface area contributed by atoms with Crippen LogP contribution in [0.15, 0.2) is 0 Å². The van der Waals surface area contributed by atoms with Gasteiger partial charge in [-0.15, -0.1) is 0 Å². The molecule has 0 aliphatic rings. The standard InChI is InChI=1S/3C6H16P2.Tc/c3*1-7(2)5-6-8(3)4;/h3*5-6H2,1-4H3;/p+6/i;;;1+1. The molecule has 0 bridgehead atoms. The van der Waals surface area contributed by atoms with Gasteiger partial charge in [-0.05, 0) is 47.5 Å². The van der Waals surface area contributed by atoms with Crippen LogP contribution in [0.1, 0.15) is 0 Å². The second-order valence-corrected chi connectivity index (χ2v) is 26.2. The van der Waals surface area contributed by atoms with Crippen molar-refractivity contribution in [1.29, 1.82) is 0 Å². The second kappa shape index (κ2) is 25.3. The number of hydrogen-bond donors (Lipinski definition) is 0. The molecular formula is C18H54P6Tc+6. The van der Waals surface area contributed by atoms with Gasteiger partial charge in [-0.3, -0.25) is 0 Å². The van der Waals surface area contributed by atoms with Crippen molar-refractivity contribution in [3.8, 4) is 0 Å². The Kier molecular flexibility index (Phi) is 36.0. The molecule has 0 aromatic heterocycles. The van der Waals surface area contributed by atoms with Gasteiger partial charge in [-0.25, -0.2) is 0 Å². The summed E-state index contributed by atoms with van der Waals surface area (Å²) < 4.78 is 0. The maximum atomic E-state index is 2.40. The van der Waals surface area contributed by atoms with E-state index in [1.165, 1.54) is 37.0 Å². The fraction of sp³-hybridized carbons (Fsp3) is 1.00. The molecule has 0 fully saturated rings. The largest absolute Gasteiger partial charge is 0.0899 e. The number of hydrogen-bond acceptors (Lipinski definition) is 0. The topological polar surface area (TPSA) is 0 Å². The van der Waals surface area contributed by atoms with Crippen LogP contribution in [-0.2, 0) is 20.1 Å². The molecule has 0 saturated carbocycles. The number of rotatable bonds is 9. The summed E-state index contributed by atoms with van der Waals surface area (Å²) in [5.74, 6) is 0. The monoisotopic (exact) mass is 555 g/mol. The van der Waals surface area contributed by atoms with E-state index < -0.39 is 0 Å². The van der Waals surface area contributed by atoms with E-state index in [-0.39, 0.29) is 67.6 Å². The summed E-state index contributed by atoms with van der Waals surface area (Å²) in [4.78, 5) is 0. The van der Waals surface area contributed by atoms with Gasteiger partial charge in [0.25, 0.3) is 0 Å². The molecule has 25 heavy (non-hydrogen) atoms. The molecule has 7 heteroatoms. The van der Waals surface area contributed by atoms with Gasteiger partial charge in [-0.2, -0.15) is 0 Å². The van der Waals surface area contributed by atoms with Gasteiger partial charge in [0.05, 0.1) is 37.0 Å². The Morgan fingerprint density at radius 1 is 0.280 bits per heavy atom. The minimum atomic E-state index is 0. The van der Waals surface area contributed by atoms with Gasteiger partial charge in [-0.1, -0.05) is 0 Å². The molecule has 1 radical (unpaired) electrons. The van der Waals surface area contributed by atoms with Crippen LogP contribution in [0.2, 0.25) is 0 Å².